The molecule has 0 amide bonds. The predicted octanol–water partition coefficient (Wildman–Crippen LogP) is 7.27. The molecule has 2 N–H and O–H groups in total. The van der Waals surface area contributed by atoms with Crippen molar-refractivity contribution >= 4 is 89.5 Å². The second-order valence-corrected chi connectivity index (χ2v) is 14.0. The van der Waals surface area contributed by atoms with Gasteiger partial charge in [0.05, 0.1) is 29.9 Å². The van der Waals surface area contributed by atoms with E-state index < -0.39 is 51.6 Å². The van der Waals surface area contributed by atoms with Gasteiger partial charge in [0.1, 0.15) is 5.71 Å². The normalized spacial score (nSPS) is 18.2. The summed E-state index contributed by atoms with van der Waals surface area (Å²) < 4.78 is 59.5. The van der Waals surface area contributed by atoms with Crippen LogP contribution in [-0.2, 0) is 20.0 Å². The zero-order chi connectivity index (χ0) is 29.5. The van der Waals surface area contributed by atoms with Crippen molar-refractivity contribution in [2.75, 3.05) is 5.32 Å². The Morgan fingerprint density at radius 2 is 1.10 bits per heavy atom. The van der Waals surface area contributed by atoms with Gasteiger partial charge in [-0.25, -0.2) is 8.42 Å². The summed E-state index contributed by atoms with van der Waals surface area (Å²) in [6.07, 6.45) is 0. The Bertz CT molecular complexity index is 1740. The van der Waals surface area contributed by atoms with Gasteiger partial charge >= 0.3 is 0 Å². The topological polar surface area (TPSA) is 105 Å². The predicted molar refractivity (Wildman–Crippen MR) is 163 cm³/mol. The lowest BCUT2D eigenvalue weighted by molar-refractivity contribution is 0.550. The van der Waals surface area contributed by atoms with Crippen molar-refractivity contribution in [3.05, 3.63) is 109 Å². The van der Waals surface area contributed by atoms with Gasteiger partial charge in [0.25, 0.3) is 10.0 Å². The highest BCUT2D eigenvalue weighted by Crippen LogP contribution is 2.45. The minimum absolute atomic E-state index is 0.0991. The Hall–Kier alpha value is -2.08. The summed E-state index contributed by atoms with van der Waals surface area (Å²) in [5.74, 6) is 0. The molecule has 14 heteroatoms. The number of allylic oxidation sites excluding steroid dienone is 2. The van der Waals surface area contributed by atoms with Gasteiger partial charge in [-0.1, -0.05) is 93.4 Å². The number of hydrogen-bond donors (Lipinski definition) is 2. The molecule has 0 unspecified atom stereocenters. The average molecular weight is 680 g/mol. The molecule has 0 atom stereocenters. The van der Waals surface area contributed by atoms with Crippen LogP contribution >= 0.6 is 58.0 Å². The molecule has 0 aromatic heterocycles. The second kappa shape index (κ2) is 11.7. The number of hydrogen-bond acceptors (Lipinski definition) is 5. The van der Waals surface area contributed by atoms with E-state index >= 15 is 0 Å². The number of rotatable bonds is 7. The number of sulfonamides is 2. The van der Waals surface area contributed by atoms with E-state index in [9.17, 15) is 16.8 Å². The first-order valence-electron chi connectivity index (χ1n) is 11.3. The second-order valence-electron chi connectivity index (χ2n) is 8.78. The van der Waals surface area contributed by atoms with Crippen LogP contribution in [-0.4, -0.2) is 28.2 Å². The Morgan fingerprint density at radius 1 is 0.650 bits per heavy atom. The zero-order valence-corrected chi connectivity index (χ0v) is 26.1. The number of anilines is 1. The molecule has 3 aromatic carbocycles. The van der Waals surface area contributed by atoms with Crippen molar-refractivity contribution in [3.8, 4) is 0 Å². The molecule has 0 heterocycles. The van der Waals surface area contributed by atoms with E-state index in [2.05, 4.69) is 14.4 Å². The Morgan fingerprint density at radius 3 is 1.57 bits per heavy atom. The summed E-state index contributed by atoms with van der Waals surface area (Å²) in [7, 11) is -8.64. The van der Waals surface area contributed by atoms with Gasteiger partial charge in [0, 0.05) is 10.7 Å². The highest BCUT2D eigenvalue weighted by Gasteiger charge is 2.49. The van der Waals surface area contributed by atoms with Gasteiger partial charge in [0.2, 0.25) is 10.0 Å². The van der Waals surface area contributed by atoms with Gasteiger partial charge < -0.3 is 5.32 Å². The van der Waals surface area contributed by atoms with E-state index in [0.29, 0.717) is 10.7 Å². The smallest absolute Gasteiger partial charge is 0.282 e. The van der Waals surface area contributed by atoms with Crippen LogP contribution in [0.25, 0.3) is 0 Å². The number of nitrogens with one attached hydrogen (secondary N) is 2. The third-order valence-electron chi connectivity index (χ3n) is 5.78. The minimum Gasteiger partial charge on any atom is -0.357 e. The molecule has 3 aromatic rings. The molecule has 4 rings (SSSR count). The van der Waals surface area contributed by atoms with E-state index in [4.69, 9.17) is 58.0 Å². The number of benzene rings is 3. The monoisotopic (exact) mass is 677 g/mol. The summed E-state index contributed by atoms with van der Waals surface area (Å²) in [5.41, 5.74) is -0.606. The maximum Gasteiger partial charge on any atom is 0.282 e. The van der Waals surface area contributed by atoms with Gasteiger partial charge in [-0.05, 0) is 62.4 Å². The van der Waals surface area contributed by atoms with Crippen LogP contribution in [0.1, 0.15) is 11.1 Å². The molecule has 0 spiro atoms. The lowest BCUT2D eigenvalue weighted by atomic mass is 10.0. The summed E-state index contributed by atoms with van der Waals surface area (Å²) in [4.78, 5) is -0.221. The molecule has 1 aliphatic carbocycles. The first kappa shape index (κ1) is 30.9. The minimum atomic E-state index is -4.33. The number of halogens is 5. The largest absolute Gasteiger partial charge is 0.357 e. The van der Waals surface area contributed by atoms with Gasteiger partial charge in [-0.3, -0.25) is 0 Å². The molecule has 0 radical (unpaired) electrons. The van der Waals surface area contributed by atoms with Crippen LogP contribution in [0.15, 0.2) is 107 Å². The van der Waals surface area contributed by atoms with E-state index in [-0.39, 0.29) is 9.79 Å². The number of aryl methyl sites for hydroxylation is 2. The van der Waals surface area contributed by atoms with Gasteiger partial charge in [-0.15, -0.1) is 0 Å². The summed E-state index contributed by atoms with van der Waals surface area (Å²) in [5, 5.41) is 1.62. The fourth-order valence-electron chi connectivity index (χ4n) is 3.65. The van der Waals surface area contributed by atoms with Crippen LogP contribution < -0.4 is 10.0 Å². The third kappa shape index (κ3) is 6.22. The molecule has 7 nitrogen and oxygen atoms in total. The van der Waals surface area contributed by atoms with Gasteiger partial charge in [0.15, 0.2) is 5.66 Å². The van der Waals surface area contributed by atoms with E-state index in [1.807, 2.05) is 0 Å². The maximum absolute atomic E-state index is 13.5. The quantitative estimate of drug-likeness (QED) is 0.256. The SMILES string of the molecule is Cc1ccc(S(=O)(=O)N=C2C(Cl)=C(Cl)C(Nc3ccc(Cl)cc3)(NS(=O)(=O)c3ccc(C)cc3)C(Cl)=C2Cl)cc1. The van der Waals surface area contributed by atoms with Gasteiger partial charge in [-0.2, -0.15) is 17.5 Å². The summed E-state index contributed by atoms with van der Waals surface area (Å²) >= 11 is 32.6. The molecular formula is C26H20Cl5N3O4S2. The molecule has 0 fully saturated rings. The molecule has 0 bridgehead atoms. The van der Waals surface area contributed by atoms with Crippen molar-refractivity contribution in [1.82, 2.24) is 4.72 Å². The fraction of sp³-hybridized carbons (Fsp3) is 0.115. The van der Waals surface area contributed by atoms with E-state index in [1.54, 1.807) is 62.4 Å². The van der Waals surface area contributed by atoms with Crippen molar-refractivity contribution in [1.29, 1.82) is 0 Å². The standard InChI is InChI=1S/C26H20Cl5N3O4S2/c1-15-3-11-19(12-4-15)39(35,36)33-23-21(28)24(30)26(25(31)22(23)29,32-18-9-7-17(27)8-10-18)34-40(37,38)20-13-5-16(2)6-14-20/h3-14,32,34H,1-2H3. The molecule has 40 heavy (non-hydrogen) atoms. The molecule has 1 aliphatic rings. The molecule has 210 valence electrons. The first-order valence-corrected chi connectivity index (χ1v) is 16.2. The van der Waals surface area contributed by atoms with Crippen LogP contribution in [0, 0.1) is 13.8 Å². The van der Waals surface area contributed by atoms with Crippen LogP contribution in [0.3, 0.4) is 0 Å². The summed E-state index contributed by atoms with van der Waals surface area (Å²) in [6.45, 7) is 3.60. The Balaban J connectivity index is 1.90. The molecule has 0 saturated heterocycles. The highest BCUT2D eigenvalue weighted by molar-refractivity contribution is 7.90. The average Bonchev–Trinajstić information content (AvgIpc) is 2.90. The maximum atomic E-state index is 13.5. The molecular weight excluding hydrogens is 660 g/mol. The Labute approximate surface area is 257 Å². The molecule has 0 aliphatic heterocycles. The molecule has 0 saturated carbocycles. The lowest BCUT2D eigenvalue weighted by Crippen LogP contribution is -2.57. The lowest BCUT2D eigenvalue weighted by Gasteiger charge is -2.39. The fourth-order valence-corrected chi connectivity index (χ4v) is 7.47. The van der Waals surface area contributed by atoms with Crippen LogP contribution in [0.5, 0.6) is 0 Å². The van der Waals surface area contributed by atoms with Crippen molar-refractivity contribution in [2.45, 2.75) is 29.3 Å². The van der Waals surface area contributed by atoms with Crippen LogP contribution in [0.4, 0.5) is 5.69 Å². The van der Waals surface area contributed by atoms with E-state index in [1.165, 1.54) is 24.3 Å². The first-order chi connectivity index (χ1) is 18.7. The third-order valence-corrected chi connectivity index (χ3v) is 10.7. The highest BCUT2D eigenvalue weighted by atomic mass is 35.5. The van der Waals surface area contributed by atoms with Crippen molar-refractivity contribution < 1.29 is 16.8 Å². The van der Waals surface area contributed by atoms with Crippen molar-refractivity contribution in [3.63, 3.8) is 0 Å². The van der Waals surface area contributed by atoms with E-state index in [0.717, 1.165) is 11.1 Å². The van der Waals surface area contributed by atoms with Crippen LogP contribution in [0.2, 0.25) is 5.02 Å². The van der Waals surface area contributed by atoms with Crippen molar-refractivity contribution in [2.24, 2.45) is 4.40 Å². The Kier molecular flexibility index (Phi) is 9.00. The zero-order valence-electron chi connectivity index (χ0n) is 20.7. The number of nitrogens with zero attached hydrogens (tertiary/aromatic N) is 1. The summed E-state index contributed by atoms with van der Waals surface area (Å²) in [6, 6.07) is 18.2.